The molecule has 0 fully saturated rings. The fraction of sp³-hybridized carbons (Fsp3) is 0.455. The van der Waals surface area contributed by atoms with Crippen LogP contribution >= 0.6 is 0 Å². The molecule has 0 aliphatic rings. The summed E-state index contributed by atoms with van der Waals surface area (Å²) in [6.45, 7) is 3.91. The minimum atomic E-state index is -0.307. The van der Waals surface area contributed by atoms with Gasteiger partial charge >= 0.3 is 0 Å². The van der Waals surface area contributed by atoms with Gasteiger partial charge in [0.1, 0.15) is 5.75 Å². The number of aryl methyl sites for hydroxylation is 2. The number of benzene rings is 1. The summed E-state index contributed by atoms with van der Waals surface area (Å²) >= 11 is 0. The van der Waals surface area contributed by atoms with E-state index in [1.807, 2.05) is 26.0 Å². The van der Waals surface area contributed by atoms with Crippen LogP contribution in [0.15, 0.2) is 12.1 Å². The maximum atomic E-state index is 8.94. The second-order valence-electron chi connectivity index (χ2n) is 3.48. The molecule has 3 nitrogen and oxygen atoms in total. The second-order valence-corrected chi connectivity index (χ2v) is 3.48. The Kier molecular flexibility index (Phi) is 3.49. The normalized spacial score (nSPS) is 12.6. The SMILES string of the molecule is COc1c(C)cc([C@H](N)CO)cc1C. The maximum absolute atomic E-state index is 8.94. The van der Waals surface area contributed by atoms with Crippen LogP contribution in [0.2, 0.25) is 0 Å². The summed E-state index contributed by atoms with van der Waals surface area (Å²) in [5.41, 5.74) is 8.78. The molecule has 0 aliphatic carbocycles. The van der Waals surface area contributed by atoms with Crippen molar-refractivity contribution in [1.29, 1.82) is 0 Å². The lowest BCUT2D eigenvalue weighted by Crippen LogP contribution is -2.15. The van der Waals surface area contributed by atoms with Crippen LogP contribution in [0.3, 0.4) is 0 Å². The first-order valence-corrected chi connectivity index (χ1v) is 4.61. The number of aliphatic hydroxyl groups is 1. The number of rotatable bonds is 3. The highest BCUT2D eigenvalue weighted by Gasteiger charge is 2.09. The lowest BCUT2D eigenvalue weighted by Gasteiger charge is -2.14. The van der Waals surface area contributed by atoms with Crippen LogP contribution in [0, 0.1) is 13.8 Å². The van der Waals surface area contributed by atoms with Crippen LogP contribution in [-0.4, -0.2) is 18.8 Å². The fourth-order valence-electron chi connectivity index (χ4n) is 1.63. The predicted molar refractivity (Wildman–Crippen MR) is 56.5 cm³/mol. The first kappa shape index (κ1) is 11.0. The van der Waals surface area contributed by atoms with Gasteiger partial charge < -0.3 is 15.6 Å². The Bertz CT molecular complexity index is 300. The van der Waals surface area contributed by atoms with E-state index in [0.717, 1.165) is 22.4 Å². The van der Waals surface area contributed by atoms with Crippen LogP contribution in [0.5, 0.6) is 5.75 Å². The van der Waals surface area contributed by atoms with Gasteiger partial charge in [-0.25, -0.2) is 0 Å². The van der Waals surface area contributed by atoms with Crippen molar-refractivity contribution in [3.05, 3.63) is 28.8 Å². The first-order chi connectivity index (χ1) is 6.60. The second kappa shape index (κ2) is 4.44. The summed E-state index contributed by atoms with van der Waals surface area (Å²) in [5.74, 6) is 0.888. The molecule has 0 amide bonds. The average Bonchev–Trinajstić information content (AvgIpc) is 2.16. The van der Waals surface area contributed by atoms with E-state index in [2.05, 4.69) is 0 Å². The quantitative estimate of drug-likeness (QED) is 0.764. The Morgan fingerprint density at radius 3 is 2.21 bits per heavy atom. The molecule has 3 N–H and O–H groups in total. The molecule has 0 aliphatic heterocycles. The summed E-state index contributed by atoms with van der Waals surface area (Å²) in [5, 5.41) is 8.94. The van der Waals surface area contributed by atoms with E-state index in [-0.39, 0.29) is 12.6 Å². The van der Waals surface area contributed by atoms with Gasteiger partial charge in [-0.3, -0.25) is 0 Å². The van der Waals surface area contributed by atoms with Gasteiger partial charge in [0.25, 0.3) is 0 Å². The molecular formula is C11H17NO2. The number of hydrogen-bond acceptors (Lipinski definition) is 3. The molecule has 0 saturated heterocycles. The monoisotopic (exact) mass is 195 g/mol. The number of ether oxygens (including phenoxy) is 1. The molecule has 0 spiro atoms. The van der Waals surface area contributed by atoms with Crippen molar-refractivity contribution >= 4 is 0 Å². The van der Waals surface area contributed by atoms with Gasteiger partial charge in [-0.15, -0.1) is 0 Å². The Balaban J connectivity index is 3.13. The Labute approximate surface area is 84.5 Å². The third kappa shape index (κ3) is 2.05. The molecule has 3 heteroatoms. The topological polar surface area (TPSA) is 55.5 Å². The molecule has 1 aromatic rings. The van der Waals surface area contributed by atoms with E-state index in [0.29, 0.717) is 0 Å². The molecule has 0 unspecified atom stereocenters. The van der Waals surface area contributed by atoms with Gasteiger partial charge in [-0.05, 0) is 30.5 Å². The summed E-state index contributed by atoms with van der Waals surface area (Å²) in [7, 11) is 1.65. The lowest BCUT2D eigenvalue weighted by atomic mass is 10.0. The zero-order chi connectivity index (χ0) is 10.7. The molecule has 1 rings (SSSR count). The molecule has 14 heavy (non-hydrogen) atoms. The zero-order valence-electron chi connectivity index (χ0n) is 8.87. The van der Waals surface area contributed by atoms with Gasteiger partial charge in [-0.2, -0.15) is 0 Å². The van der Waals surface area contributed by atoms with E-state index in [4.69, 9.17) is 15.6 Å². The standard InChI is InChI=1S/C11H17NO2/c1-7-4-9(10(12)6-13)5-8(2)11(7)14-3/h4-5,10,13H,6,12H2,1-3H3/t10-/m1/s1. The maximum Gasteiger partial charge on any atom is 0.124 e. The minimum absolute atomic E-state index is 0.0365. The van der Waals surface area contributed by atoms with E-state index in [1.54, 1.807) is 7.11 Å². The number of methoxy groups -OCH3 is 1. The van der Waals surface area contributed by atoms with Gasteiger partial charge in [0.05, 0.1) is 19.8 Å². The minimum Gasteiger partial charge on any atom is -0.496 e. The van der Waals surface area contributed by atoms with Gasteiger partial charge in [0.2, 0.25) is 0 Å². The van der Waals surface area contributed by atoms with Gasteiger partial charge in [0.15, 0.2) is 0 Å². The third-order valence-electron chi connectivity index (χ3n) is 2.31. The van der Waals surface area contributed by atoms with Crippen LogP contribution in [0.25, 0.3) is 0 Å². The highest BCUT2D eigenvalue weighted by atomic mass is 16.5. The van der Waals surface area contributed by atoms with Crippen LogP contribution < -0.4 is 10.5 Å². The highest BCUT2D eigenvalue weighted by molar-refractivity contribution is 5.44. The van der Waals surface area contributed by atoms with Gasteiger partial charge in [0, 0.05) is 0 Å². The Hall–Kier alpha value is -1.06. The number of hydrogen-bond donors (Lipinski definition) is 2. The molecule has 0 saturated carbocycles. The van der Waals surface area contributed by atoms with Crippen molar-refractivity contribution in [2.45, 2.75) is 19.9 Å². The summed E-state index contributed by atoms with van der Waals surface area (Å²) in [6.07, 6.45) is 0. The van der Waals surface area contributed by atoms with Crippen molar-refractivity contribution in [1.82, 2.24) is 0 Å². The van der Waals surface area contributed by atoms with Crippen molar-refractivity contribution in [3.8, 4) is 5.75 Å². The molecular weight excluding hydrogens is 178 g/mol. The first-order valence-electron chi connectivity index (χ1n) is 4.61. The van der Waals surface area contributed by atoms with Crippen LogP contribution in [-0.2, 0) is 0 Å². The Morgan fingerprint density at radius 1 is 1.36 bits per heavy atom. The van der Waals surface area contributed by atoms with E-state index in [1.165, 1.54) is 0 Å². The summed E-state index contributed by atoms with van der Waals surface area (Å²) < 4.78 is 5.24. The number of nitrogens with two attached hydrogens (primary N) is 1. The number of aliphatic hydroxyl groups excluding tert-OH is 1. The summed E-state index contributed by atoms with van der Waals surface area (Å²) in [6, 6.07) is 3.60. The van der Waals surface area contributed by atoms with Crippen molar-refractivity contribution in [2.75, 3.05) is 13.7 Å². The average molecular weight is 195 g/mol. The van der Waals surface area contributed by atoms with E-state index >= 15 is 0 Å². The molecule has 0 heterocycles. The van der Waals surface area contributed by atoms with Gasteiger partial charge in [-0.1, -0.05) is 12.1 Å². The summed E-state index contributed by atoms with van der Waals surface area (Å²) in [4.78, 5) is 0. The van der Waals surface area contributed by atoms with Crippen molar-refractivity contribution in [2.24, 2.45) is 5.73 Å². The predicted octanol–water partition coefficient (Wildman–Crippen LogP) is 1.30. The fourth-order valence-corrected chi connectivity index (χ4v) is 1.63. The molecule has 78 valence electrons. The molecule has 0 radical (unpaired) electrons. The molecule has 0 bridgehead atoms. The van der Waals surface area contributed by atoms with E-state index < -0.39 is 0 Å². The lowest BCUT2D eigenvalue weighted by molar-refractivity contribution is 0.268. The molecule has 1 aromatic carbocycles. The van der Waals surface area contributed by atoms with E-state index in [9.17, 15) is 0 Å². The van der Waals surface area contributed by atoms with Crippen LogP contribution in [0.1, 0.15) is 22.7 Å². The largest absolute Gasteiger partial charge is 0.496 e. The zero-order valence-corrected chi connectivity index (χ0v) is 8.87. The Morgan fingerprint density at radius 2 is 1.86 bits per heavy atom. The van der Waals surface area contributed by atoms with Crippen molar-refractivity contribution < 1.29 is 9.84 Å². The molecule has 1 atom stereocenters. The van der Waals surface area contributed by atoms with Crippen LogP contribution in [0.4, 0.5) is 0 Å². The highest BCUT2D eigenvalue weighted by Crippen LogP contribution is 2.26. The molecule has 0 aromatic heterocycles. The third-order valence-corrected chi connectivity index (χ3v) is 2.31. The van der Waals surface area contributed by atoms with Crippen molar-refractivity contribution in [3.63, 3.8) is 0 Å². The smallest absolute Gasteiger partial charge is 0.124 e.